The average Bonchev–Trinajstić information content (AvgIpc) is 3.14. The first-order valence-electron chi connectivity index (χ1n) is 16.5. The molecular weight excluding hydrogens is 585 g/mol. The highest BCUT2D eigenvalue weighted by Gasteiger charge is 2.42. The molecule has 9 rings (SSSR count). The molecule has 2 aliphatic rings. The van der Waals surface area contributed by atoms with Gasteiger partial charge in [-0.25, -0.2) is 0 Å². The Morgan fingerprint density at radius 1 is 0.479 bits per heavy atom. The standard InChI is InChI=1S/C45H34N2O/c1-45(2)38-23-9-10-24-40(38)47-41-25-11-12-26-42(41)48-44-37(27-28-39(45)43(44)47)33-17-13-15-31(29-33)32-16-14-22-36(30-32)46(34-18-5-3-6-19-34)35-20-7-4-8-21-35/h3-30H,1-2H3. The van der Waals surface area contributed by atoms with E-state index in [4.69, 9.17) is 4.74 Å². The molecule has 0 fully saturated rings. The first-order valence-corrected chi connectivity index (χ1v) is 16.5. The van der Waals surface area contributed by atoms with Crippen LogP contribution >= 0.6 is 0 Å². The average molecular weight is 619 g/mol. The number of nitrogens with zero attached hydrogens (tertiary/aromatic N) is 2. The van der Waals surface area contributed by atoms with Gasteiger partial charge in [0, 0.05) is 28.0 Å². The van der Waals surface area contributed by atoms with E-state index >= 15 is 0 Å². The van der Waals surface area contributed by atoms with Gasteiger partial charge in [-0.3, -0.25) is 0 Å². The third-order valence-corrected chi connectivity index (χ3v) is 9.80. The second-order valence-corrected chi connectivity index (χ2v) is 13.0. The molecule has 0 saturated heterocycles. The first-order chi connectivity index (χ1) is 23.6. The lowest BCUT2D eigenvalue weighted by Crippen LogP contribution is -2.32. The highest BCUT2D eigenvalue weighted by atomic mass is 16.5. The van der Waals surface area contributed by atoms with E-state index in [1.54, 1.807) is 0 Å². The molecule has 0 radical (unpaired) electrons. The largest absolute Gasteiger partial charge is 0.452 e. The molecule has 7 aromatic rings. The van der Waals surface area contributed by atoms with Crippen LogP contribution in [0.4, 0.5) is 34.1 Å². The quantitative estimate of drug-likeness (QED) is 0.191. The van der Waals surface area contributed by atoms with Crippen molar-refractivity contribution in [2.24, 2.45) is 0 Å². The Morgan fingerprint density at radius 2 is 1.06 bits per heavy atom. The number of benzene rings is 7. The number of rotatable bonds is 5. The van der Waals surface area contributed by atoms with E-state index in [-0.39, 0.29) is 5.41 Å². The van der Waals surface area contributed by atoms with Gasteiger partial charge in [-0.15, -0.1) is 0 Å². The molecule has 48 heavy (non-hydrogen) atoms. The Morgan fingerprint density at radius 3 is 1.81 bits per heavy atom. The van der Waals surface area contributed by atoms with E-state index in [0.29, 0.717) is 0 Å². The van der Waals surface area contributed by atoms with Crippen LogP contribution in [0.1, 0.15) is 25.0 Å². The van der Waals surface area contributed by atoms with Crippen LogP contribution in [0, 0.1) is 0 Å². The molecule has 0 bridgehead atoms. The molecule has 0 atom stereocenters. The fourth-order valence-corrected chi connectivity index (χ4v) is 7.47. The van der Waals surface area contributed by atoms with Crippen molar-refractivity contribution in [2.75, 3.05) is 9.80 Å². The number of hydrogen-bond donors (Lipinski definition) is 0. The van der Waals surface area contributed by atoms with Gasteiger partial charge in [-0.2, -0.15) is 0 Å². The van der Waals surface area contributed by atoms with Crippen molar-refractivity contribution in [3.05, 3.63) is 181 Å². The molecule has 0 unspecified atom stereocenters. The summed E-state index contributed by atoms with van der Waals surface area (Å²) in [7, 11) is 0. The minimum absolute atomic E-state index is 0.184. The Hall–Kier alpha value is -6.06. The Balaban J connectivity index is 1.18. The molecule has 230 valence electrons. The second-order valence-electron chi connectivity index (χ2n) is 13.0. The van der Waals surface area contributed by atoms with Crippen LogP contribution in [0.15, 0.2) is 170 Å². The van der Waals surface area contributed by atoms with Gasteiger partial charge in [0.2, 0.25) is 0 Å². The molecule has 0 amide bonds. The molecule has 3 heteroatoms. The smallest absolute Gasteiger partial charge is 0.159 e. The van der Waals surface area contributed by atoms with Crippen LogP contribution in [0.2, 0.25) is 0 Å². The monoisotopic (exact) mass is 618 g/mol. The first kappa shape index (κ1) is 28.2. The van der Waals surface area contributed by atoms with Crippen LogP contribution in [0.3, 0.4) is 0 Å². The fraction of sp³-hybridized carbons (Fsp3) is 0.0667. The topological polar surface area (TPSA) is 15.7 Å². The van der Waals surface area contributed by atoms with Gasteiger partial charge in [0.1, 0.15) is 0 Å². The molecule has 3 nitrogen and oxygen atoms in total. The zero-order chi connectivity index (χ0) is 32.2. The molecular formula is C45H34N2O. The number of para-hydroxylation sites is 5. The summed E-state index contributed by atoms with van der Waals surface area (Å²) in [6, 6.07) is 60.5. The lowest BCUT2D eigenvalue weighted by atomic mass is 9.72. The number of anilines is 6. The van der Waals surface area contributed by atoms with Crippen molar-refractivity contribution >= 4 is 34.1 Å². The van der Waals surface area contributed by atoms with Crippen LogP contribution < -0.4 is 14.5 Å². The summed E-state index contributed by atoms with van der Waals surface area (Å²) < 4.78 is 6.86. The van der Waals surface area contributed by atoms with Gasteiger partial charge in [-0.05, 0) is 88.5 Å². The Bertz CT molecular complexity index is 2270. The van der Waals surface area contributed by atoms with Crippen LogP contribution in [0.25, 0.3) is 22.3 Å². The SMILES string of the molecule is CC1(C)c2ccccc2N2c3ccccc3Oc3c(-c4cccc(-c5cccc(N(c6ccccc6)c6ccccc6)c5)c4)ccc1c32. The van der Waals surface area contributed by atoms with Gasteiger partial charge < -0.3 is 14.5 Å². The van der Waals surface area contributed by atoms with Crippen molar-refractivity contribution < 1.29 is 4.74 Å². The molecule has 7 aromatic carbocycles. The highest BCUT2D eigenvalue weighted by Crippen LogP contribution is 2.61. The van der Waals surface area contributed by atoms with Gasteiger partial charge in [0.05, 0.1) is 17.1 Å². The number of fused-ring (bicyclic) bond motifs is 4. The van der Waals surface area contributed by atoms with E-state index in [1.807, 2.05) is 0 Å². The van der Waals surface area contributed by atoms with Gasteiger partial charge in [0.25, 0.3) is 0 Å². The molecule has 0 aromatic heterocycles. The summed E-state index contributed by atoms with van der Waals surface area (Å²) in [5, 5.41) is 0. The van der Waals surface area contributed by atoms with Crippen molar-refractivity contribution in [3.8, 4) is 33.8 Å². The molecule has 2 heterocycles. The van der Waals surface area contributed by atoms with Gasteiger partial charge >= 0.3 is 0 Å². The van der Waals surface area contributed by atoms with E-state index in [2.05, 4.69) is 194 Å². The fourth-order valence-electron chi connectivity index (χ4n) is 7.47. The summed E-state index contributed by atoms with van der Waals surface area (Å²) >= 11 is 0. The number of hydrogen-bond acceptors (Lipinski definition) is 3. The molecule has 0 N–H and O–H groups in total. The lowest BCUT2D eigenvalue weighted by molar-refractivity contribution is 0.473. The van der Waals surface area contributed by atoms with Crippen LogP contribution in [-0.2, 0) is 5.41 Å². The van der Waals surface area contributed by atoms with Crippen molar-refractivity contribution in [2.45, 2.75) is 19.3 Å². The normalized spacial score (nSPS) is 13.5. The van der Waals surface area contributed by atoms with Gasteiger partial charge in [0.15, 0.2) is 11.5 Å². The molecule has 0 aliphatic carbocycles. The van der Waals surface area contributed by atoms with E-state index in [0.717, 1.165) is 62.2 Å². The lowest BCUT2D eigenvalue weighted by Gasteiger charge is -2.45. The predicted molar refractivity (Wildman–Crippen MR) is 199 cm³/mol. The van der Waals surface area contributed by atoms with E-state index in [1.165, 1.54) is 16.8 Å². The zero-order valence-corrected chi connectivity index (χ0v) is 27.0. The van der Waals surface area contributed by atoms with Crippen molar-refractivity contribution in [3.63, 3.8) is 0 Å². The molecule has 2 aliphatic heterocycles. The second kappa shape index (κ2) is 11.0. The Kier molecular flexibility index (Phi) is 6.48. The van der Waals surface area contributed by atoms with E-state index < -0.39 is 0 Å². The van der Waals surface area contributed by atoms with Crippen LogP contribution in [0.5, 0.6) is 11.5 Å². The Labute approximate surface area is 281 Å². The summed E-state index contributed by atoms with van der Waals surface area (Å²) in [6.45, 7) is 4.64. The van der Waals surface area contributed by atoms with Crippen LogP contribution in [-0.4, -0.2) is 0 Å². The predicted octanol–water partition coefficient (Wildman–Crippen LogP) is 12.7. The molecule has 0 spiro atoms. The molecule has 0 saturated carbocycles. The highest BCUT2D eigenvalue weighted by molar-refractivity contribution is 5.97. The van der Waals surface area contributed by atoms with E-state index in [9.17, 15) is 0 Å². The summed E-state index contributed by atoms with van der Waals surface area (Å²) in [6.07, 6.45) is 0. The zero-order valence-electron chi connectivity index (χ0n) is 27.0. The minimum atomic E-state index is -0.184. The number of ether oxygens (including phenoxy) is 1. The maximum absolute atomic E-state index is 6.86. The maximum atomic E-state index is 6.86. The van der Waals surface area contributed by atoms with Crippen molar-refractivity contribution in [1.29, 1.82) is 0 Å². The minimum Gasteiger partial charge on any atom is -0.452 e. The van der Waals surface area contributed by atoms with Gasteiger partial charge in [-0.1, -0.05) is 123 Å². The summed E-state index contributed by atoms with van der Waals surface area (Å²) in [4.78, 5) is 4.71. The summed E-state index contributed by atoms with van der Waals surface area (Å²) in [5.74, 6) is 1.77. The van der Waals surface area contributed by atoms with Crippen molar-refractivity contribution in [1.82, 2.24) is 0 Å². The third kappa shape index (κ3) is 4.43. The maximum Gasteiger partial charge on any atom is 0.159 e. The third-order valence-electron chi connectivity index (χ3n) is 9.80. The summed E-state index contributed by atoms with van der Waals surface area (Å²) in [5.41, 5.74) is 13.6.